The number of pyridine rings is 1. The molecule has 0 radical (unpaired) electrons. The maximum absolute atomic E-state index is 12.4. The van der Waals surface area contributed by atoms with Gasteiger partial charge < -0.3 is 10.4 Å². The number of hydrogen-bond acceptors (Lipinski definition) is 5. The van der Waals surface area contributed by atoms with E-state index in [4.69, 9.17) is 28.3 Å². The summed E-state index contributed by atoms with van der Waals surface area (Å²) in [5, 5.41) is 20.7. The van der Waals surface area contributed by atoms with Crippen LogP contribution in [0.5, 0.6) is 0 Å². The van der Waals surface area contributed by atoms with Gasteiger partial charge in [-0.3, -0.25) is 4.79 Å². The fourth-order valence-electron chi connectivity index (χ4n) is 2.35. The molecule has 1 aromatic carbocycles. The fraction of sp³-hybridized carbons (Fsp3) is 0.176. The molecule has 0 fully saturated rings. The predicted octanol–water partition coefficient (Wildman–Crippen LogP) is 3.08. The Morgan fingerprint density at radius 2 is 2.00 bits per heavy atom. The van der Waals surface area contributed by atoms with Gasteiger partial charge in [-0.05, 0) is 42.3 Å². The Labute approximate surface area is 159 Å². The van der Waals surface area contributed by atoms with Crippen molar-refractivity contribution in [2.24, 2.45) is 0 Å². The Morgan fingerprint density at radius 1 is 1.19 bits per heavy atom. The molecule has 0 bridgehead atoms. The van der Waals surface area contributed by atoms with Crippen molar-refractivity contribution in [2.45, 2.75) is 20.1 Å². The summed E-state index contributed by atoms with van der Waals surface area (Å²) in [6, 6.07) is 8.54. The maximum atomic E-state index is 12.4. The minimum atomic E-state index is -0.425. The van der Waals surface area contributed by atoms with Gasteiger partial charge in [0.2, 0.25) is 0 Å². The van der Waals surface area contributed by atoms with E-state index in [1.807, 2.05) is 6.07 Å². The van der Waals surface area contributed by atoms with Gasteiger partial charge in [-0.25, -0.2) is 9.67 Å². The van der Waals surface area contributed by atoms with Crippen molar-refractivity contribution in [3.05, 3.63) is 69.1 Å². The molecular formula is C17H15Cl2N5O2. The van der Waals surface area contributed by atoms with E-state index in [2.05, 4.69) is 20.6 Å². The number of carbonyl (C=O) groups excluding carboxylic acids is 1. The minimum absolute atomic E-state index is 0.135. The molecule has 0 saturated heterocycles. The van der Waals surface area contributed by atoms with Crippen molar-refractivity contribution in [2.75, 3.05) is 5.32 Å². The van der Waals surface area contributed by atoms with E-state index < -0.39 is 5.91 Å². The number of rotatable bonds is 5. The maximum Gasteiger partial charge on any atom is 0.279 e. The summed E-state index contributed by atoms with van der Waals surface area (Å²) in [4.78, 5) is 16.5. The number of hydrogen-bond donors (Lipinski definition) is 2. The lowest BCUT2D eigenvalue weighted by Crippen LogP contribution is -2.15. The van der Waals surface area contributed by atoms with Gasteiger partial charge in [0, 0.05) is 6.20 Å². The first-order valence-corrected chi connectivity index (χ1v) is 8.44. The number of aliphatic hydroxyl groups is 1. The average Bonchev–Trinajstić information content (AvgIpc) is 2.99. The molecule has 0 aliphatic carbocycles. The molecule has 2 N–H and O–H groups in total. The fourth-order valence-corrected chi connectivity index (χ4v) is 2.67. The minimum Gasteiger partial charge on any atom is -0.392 e. The zero-order chi connectivity index (χ0) is 18.7. The van der Waals surface area contributed by atoms with Crippen molar-refractivity contribution in [1.29, 1.82) is 0 Å². The lowest BCUT2D eigenvalue weighted by atomic mass is 10.2. The smallest absolute Gasteiger partial charge is 0.279 e. The molecule has 2 aromatic heterocycles. The number of carbonyl (C=O) groups is 1. The first kappa shape index (κ1) is 18.3. The molecule has 1 amide bonds. The first-order chi connectivity index (χ1) is 12.5. The molecule has 0 saturated carbocycles. The summed E-state index contributed by atoms with van der Waals surface area (Å²) in [5.74, 6) is -0.0922. The second-order valence-electron chi connectivity index (χ2n) is 5.59. The van der Waals surface area contributed by atoms with Gasteiger partial charge in [0.05, 0.1) is 28.9 Å². The molecule has 0 aliphatic heterocycles. The van der Waals surface area contributed by atoms with Crippen LogP contribution in [0, 0.1) is 6.92 Å². The third kappa shape index (κ3) is 4.01. The Kier molecular flexibility index (Phi) is 5.51. The normalized spacial score (nSPS) is 10.8. The van der Waals surface area contributed by atoms with E-state index in [0.717, 1.165) is 5.56 Å². The van der Waals surface area contributed by atoms with Crippen LogP contribution in [0.4, 0.5) is 5.82 Å². The zero-order valence-corrected chi connectivity index (χ0v) is 15.3. The largest absolute Gasteiger partial charge is 0.392 e. The number of anilines is 1. The van der Waals surface area contributed by atoms with Crippen molar-refractivity contribution in [1.82, 2.24) is 20.0 Å². The average molecular weight is 392 g/mol. The molecule has 3 aromatic rings. The van der Waals surface area contributed by atoms with E-state index in [1.54, 1.807) is 35.9 Å². The molecule has 0 spiro atoms. The number of aliphatic hydroxyl groups excluding tert-OH is 1. The summed E-state index contributed by atoms with van der Waals surface area (Å²) in [5.41, 5.74) is 2.33. The Morgan fingerprint density at radius 3 is 2.73 bits per heavy atom. The van der Waals surface area contributed by atoms with Crippen molar-refractivity contribution in [3.8, 4) is 0 Å². The summed E-state index contributed by atoms with van der Waals surface area (Å²) < 4.78 is 1.60. The highest BCUT2D eigenvalue weighted by Gasteiger charge is 2.17. The van der Waals surface area contributed by atoms with E-state index in [1.165, 1.54) is 6.20 Å². The van der Waals surface area contributed by atoms with Crippen molar-refractivity contribution in [3.63, 3.8) is 0 Å². The van der Waals surface area contributed by atoms with Gasteiger partial charge in [0.1, 0.15) is 5.82 Å². The highest BCUT2D eigenvalue weighted by Crippen LogP contribution is 2.23. The molecule has 3 rings (SSSR count). The number of amides is 1. The van der Waals surface area contributed by atoms with Crippen LogP contribution in [-0.4, -0.2) is 31.0 Å². The lowest BCUT2D eigenvalue weighted by Gasteiger charge is -2.06. The summed E-state index contributed by atoms with van der Waals surface area (Å²) in [6.45, 7) is 2.02. The quantitative estimate of drug-likeness (QED) is 0.696. The standard InChI is InChI=1S/C17H15Cl2N5O2/c1-10-16(17(26)21-15-7-12(9-25)4-5-20-15)22-23-24(10)8-11-2-3-13(18)14(19)6-11/h2-7,25H,8-9H2,1H3,(H,20,21,26). The summed E-state index contributed by atoms with van der Waals surface area (Å²) in [7, 11) is 0. The second-order valence-corrected chi connectivity index (χ2v) is 6.41. The highest BCUT2D eigenvalue weighted by molar-refractivity contribution is 6.42. The molecular weight excluding hydrogens is 377 g/mol. The molecule has 2 heterocycles. The van der Waals surface area contributed by atoms with Crippen LogP contribution in [-0.2, 0) is 13.2 Å². The zero-order valence-electron chi connectivity index (χ0n) is 13.8. The summed E-state index contributed by atoms with van der Waals surface area (Å²) >= 11 is 11.9. The predicted molar refractivity (Wildman–Crippen MR) is 98.4 cm³/mol. The van der Waals surface area contributed by atoms with Crippen LogP contribution in [0.25, 0.3) is 0 Å². The van der Waals surface area contributed by atoms with Gasteiger partial charge in [0.25, 0.3) is 5.91 Å². The molecule has 9 heteroatoms. The number of nitrogens with zero attached hydrogens (tertiary/aromatic N) is 4. The molecule has 0 unspecified atom stereocenters. The topological polar surface area (TPSA) is 92.9 Å². The van der Waals surface area contributed by atoms with E-state index in [-0.39, 0.29) is 12.3 Å². The van der Waals surface area contributed by atoms with Crippen molar-refractivity contribution < 1.29 is 9.90 Å². The third-order valence-electron chi connectivity index (χ3n) is 3.76. The molecule has 0 atom stereocenters. The number of nitrogens with one attached hydrogen (secondary N) is 1. The highest BCUT2D eigenvalue weighted by atomic mass is 35.5. The van der Waals surface area contributed by atoms with Crippen LogP contribution >= 0.6 is 23.2 Å². The van der Waals surface area contributed by atoms with Crippen LogP contribution in [0.2, 0.25) is 10.0 Å². The number of benzene rings is 1. The summed E-state index contributed by atoms with van der Waals surface area (Å²) in [6.07, 6.45) is 1.51. The van der Waals surface area contributed by atoms with Gasteiger partial charge in [-0.1, -0.05) is 34.5 Å². The third-order valence-corrected chi connectivity index (χ3v) is 4.50. The number of aromatic nitrogens is 4. The molecule has 134 valence electrons. The monoisotopic (exact) mass is 391 g/mol. The Hall–Kier alpha value is -2.48. The van der Waals surface area contributed by atoms with E-state index in [9.17, 15) is 4.79 Å². The molecule has 0 aliphatic rings. The molecule has 7 nitrogen and oxygen atoms in total. The SMILES string of the molecule is Cc1c(C(=O)Nc2cc(CO)ccn2)nnn1Cc1ccc(Cl)c(Cl)c1. The molecule has 26 heavy (non-hydrogen) atoms. The van der Waals surface area contributed by atoms with Gasteiger partial charge >= 0.3 is 0 Å². The number of halogens is 2. The lowest BCUT2D eigenvalue weighted by molar-refractivity contribution is 0.102. The van der Waals surface area contributed by atoms with Gasteiger partial charge in [0.15, 0.2) is 5.69 Å². The van der Waals surface area contributed by atoms with Crippen LogP contribution in [0.3, 0.4) is 0 Å². The van der Waals surface area contributed by atoms with Crippen LogP contribution in [0.1, 0.15) is 27.3 Å². The first-order valence-electron chi connectivity index (χ1n) is 7.69. The van der Waals surface area contributed by atoms with Gasteiger partial charge in [-0.2, -0.15) is 0 Å². The van der Waals surface area contributed by atoms with E-state index in [0.29, 0.717) is 33.7 Å². The van der Waals surface area contributed by atoms with Crippen molar-refractivity contribution >= 4 is 34.9 Å². The van der Waals surface area contributed by atoms with Crippen LogP contribution in [0.15, 0.2) is 36.5 Å². The Balaban J connectivity index is 1.77. The Bertz CT molecular complexity index is 958. The van der Waals surface area contributed by atoms with Gasteiger partial charge in [-0.15, -0.1) is 5.10 Å². The van der Waals surface area contributed by atoms with Crippen LogP contribution < -0.4 is 5.32 Å². The second kappa shape index (κ2) is 7.82. The van der Waals surface area contributed by atoms with E-state index >= 15 is 0 Å².